The molecule has 2 atom stereocenters. The largest absolute Gasteiger partial charge is 0.330 e. The van der Waals surface area contributed by atoms with Crippen molar-refractivity contribution in [2.24, 2.45) is 22.5 Å². The lowest BCUT2D eigenvalue weighted by molar-refractivity contribution is -0.117. The molecule has 0 aromatic heterocycles. The average Bonchev–Trinajstić information content (AvgIpc) is 2.52. The van der Waals surface area contributed by atoms with Crippen LogP contribution in [-0.4, -0.2) is 18.6 Å². The number of hydrogen-bond acceptors (Lipinski definition) is 2. The number of unbranched alkanes of at least 4 members (excludes halogenated alkanes) is 9. The van der Waals surface area contributed by atoms with Crippen LogP contribution in [0.1, 0.15) is 117 Å². The Hall–Kier alpha value is -0.0800. The van der Waals surface area contributed by atoms with Gasteiger partial charge >= 0.3 is 0 Å². The normalized spacial score (nSPS) is 38.2. The highest BCUT2D eigenvalue weighted by molar-refractivity contribution is 5.14. The highest BCUT2D eigenvalue weighted by atomic mass is 15.0. The van der Waals surface area contributed by atoms with E-state index in [1.165, 1.54) is 109 Å². The zero-order valence-corrected chi connectivity index (χ0v) is 17.9. The monoisotopic (exact) mass is 362 g/mol. The van der Waals surface area contributed by atoms with Gasteiger partial charge in [0.25, 0.3) is 0 Å². The Labute approximate surface area is 163 Å². The Morgan fingerprint density at radius 1 is 0.692 bits per heavy atom. The maximum atomic E-state index is 5.54. The van der Waals surface area contributed by atoms with Crippen LogP contribution in [-0.2, 0) is 0 Å². The summed E-state index contributed by atoms with van der Waals surface area (Å²) in [7, 11) is 0. The van der Waals surface area contributed by atoms with Gasteiger partial charge in [-0.1, -0.05) is 65.2 Å². The SMILES string of the molecule is CC12CC3CC(C)(C1)CC(NCCCCCCCCCCCCN)(C3)C2. The van der Waals surface area contributed by atoms with E-state index in [9.17, 15) is 0 Å². The van der Waals surface area contributed by atoms with Crippen LogP contribution in [0.3, 0.4) is 0 Å². The van der Waals surface area contributed by atoms with Gasteiger partial charge < -0.3 is 11.1 Å². The van der Waals surface area contributed by atoms with Crippen molar-refractivity contribution in [3.8, 4) is 0 Å². The van der Waals surface area contributed by atoms with Crippen LogP contribution in [0.5, 0.6) is 0 Å². The Bertz CT molecular complexity index is 414. The molecule has 0 aliphatic heterocycles. The van der Waals surface area contributed by atoms with Gasteiger partial charge in [-0.2, -0.15) is 0 Å². The van der Waals surface area contributed by atoms with E-state index in [1.54, 1.807) is 0 Å². The molecule has 0 spiro atoms. The first kappa shape index (κ1) is 20.6. The van der Waals surface area contributed by atoms with E-state index in [2.05, 4.69) is 19.2 Å². The molecule has 2 heteroatoms. The molecule has 0 amide bonds. The van der Waals surface area contributed by atoms with E-state index >= 15 is 0 Å². The van der Waals surface area contributed by atoms with Crippen molar-refractivity contribution in [2.45, 2.75) is 122 Å². The average molecular weight is 363 g/mol. The first-order valence-corrected chi connectivity index (χ1v) is 11.9. The summed E-state index contributed by atoms with van der Waals surface area (Å²) in [5, 5.41) is 4.10. The molecule has 4 saturated carbocycles. The van der Waals surface area contributed by atoms with Crippen LogP contribution < -0.4 is 11.1 Å². The van der Waals surface area contributed by atoms with Gasteiger partial charge in [0.2, 0.25) is 0 Å². The number of nitrogens with two attached hydrogens (primary N) is 1. The summed E-state index contributed by atoms with van der Waals surface area (Å²) < 4.78 is 0. The fraction of sp³-hybridized carbons (Fsp3) is 1.00. The minimum atomic E-state index is 0.506. The summed E-state index contributed by atoms with van der Waals surface area (Å²) in [6.45, 7) is 7.30. The van der Waals surface area contributed by atoms with Crippen molar-refractivity contribution < 1.29 is 0 Å². The molecule has 152 valence electrons. The van der Waals surface area contributed by atoms with E-state index in [0.29, 0.717) is 16.4 Å². The highest BCUT2D eigenvalue weighted by Gasteiger charge is 2.59. The molecule has 0 saturated heterocycles. The molecule has 4 fully saturated rings. The van der Waals surface area contributed by atoms with Gasteiger partial charge in [0, 0.05) is 5.54 Å². The molecule has 0 aromatic carbocycles. The summed E-state index contributed by atoms with van der Waals surface area (Å²) in [4.78, 5) is 0. The van der Waals surface area contributed by atoms with Crippen LogP contribution in [0.4, 0.5) is 0 Å². The molecule has 2 nitrogen and oxygen atoms in total. The van der Waals surface area contributed by atoms with E-state index in [-0.39, 0.29) is 0 Å². The van der Waals surface area contributed by atoms with E-state index in [4.69, 9.17) is 5.73 Å². The van der Waals surface area contributed by atoms with E-state index < -0.39 is 0 Å². The minimum absolute atomic E-state index is 0.506. The first-order chi connectivity index (χ1) is 12.5. The Morgan fingerprint density at radius 2 is 1.19 bits per heavy atom. The molecule has 4 bridgehead atoms. The molecule has 4 rings (SSSR count). The maximum Gasteiger partial charge on any atom is 0.0194 e. The van der Waals surface area contributed by atoms with Crippen molar-refractivity contribution in [2.75, 3.05) is 13.1 Å². The smallest absolute Gasteiger partial charge is 0.0194 e. The van der Waals surface area contributed by atoms with Gasteiger partial charge in [-0.3, -0.25) is 0 Å². The topological polar surface area (TPSA) is 38.0 Å². The van der Waals surface area contributed by atoms with Crippen LogP contribution in [0.25, 0.3) is 0 Å². The summed E-state index contributed by atoms with van der Waals surface area (Å²) in [5.74, 6) is 1.01. The van der Waals surface area contributed by atoms with E-state index in [1.807, 2.05) is 0 Å². The zero-order valence-electron chi connectivity index (χ0n) is 17.9. The van der Waals surface area contributed by atoms with Crippen molar-refractivity contribution in [3.05, 3.63) is 0 Å². The van der Waals surface area contributed by atoms with Gasteiger partial charge in [-0.25, -0.2) is 0 Å². The second kappa shape index (κ2) is 8.95. The molecule has 4 aliphatic rings. The van der Waals surface area contributed by atoms with Crippen molar-refractivity contribution in [3.63, 3.8) is 0 Å². The standard InChI is InChI=1S/C24H46N2/c1-22-15-21-16-23(2,18-22)20-24(17-21,19-22)26-14-12-10-8-6-4-3-5-7-9-11-13-25/h21,26H,3-20,25H2,1-2H3. The summed E-state index contributed by atoms with van der Waals surface area (Å²) in [6.07, 6.45) is 22.8. The molecule has 26 heavy (non-hydrogen) atoms. The zero-order chi connectivity index (χ0) is 18.5. The molecule has 0 aromatic rings. The predicted molar refractivity (Wildman–Crippen MR) is 113 cm³/mol. The summed E-state index contributed by atoms with van der Waals surface area (Å²) in [5.41, 5.74) is 7.33. The lowest BCUT2D eigenvalue weighted by Gasteiger charge is -2.65. The Morgan fingerprint density at radius 3 is 1.69 bits per heavy atom. The molecule has 0 radical (unpaired) electrons. The minimum Gasteiger partial charge on any atom is -0.330 e. The quantitative estimate of drug-likeness (QED) is 0.384. The van der Waals surface area contributed by atoms with Gasteiger partial charge in [-0.05, 0) is 81.2 Å². The molecule has 4 aliphatic carbocycles. The lowest BCUT2D eigenvalue weighted by Crippen LogP contribution is -2.64. The fourth-order valence-electron chi connectivity index (χ4n) is 7.68. The molecular formula is C24H46N2. The Balaban J connectivity index is 1.24. The first-order valence-electron chi connectivity index (χ1n) is 11.9. The Kier molecular flexibility index (Phi) is 7.11. The third kappa shape index (κ3) is 5.47. The second-order valence-electron chi connectivity index (χ2n) is 11.2. The van der Waals surface area contributed by atoms with Crippen LogP contribution in [0.15, 0.2) is 0 Å². The second-order valence-corrected chi connectivity index (χ2v) is 11.2. The lowest BCUT2D eigenvalue weighted by atomic mass is 9.43. The van der Waals surface area contributed by atoms with E-state index in [0.717, 1.165) is 12.5 Å². The van der Waals surface area contributed by atoms with Gasteiger partial charge in [0.15, 0.2) is 0 Å². The summed E-state index contributed by atoms with van der Waals surface area (Å²) >= 11 is 0. The highest BCUT2D eigenvalue weighted by Crippen LogP contribution is 2.66. The molecule has 3 N–H and O–H groups in total. The molecule has 2 unspecified atom stereocenters. The van der Waals surface area contributed by atoms with Gasteiger partial charge in [0.05, 0.1) is 0 Å². The molecular weight excluding hydrogens is 316 g/mol. The fourth-order valence-corrected chi connectivity index (χ4v) is 7.68. The summed E-state index contributed by atoms with van der Waals surface area (Å²) in [6, 6.07) is 0. The third-order valence-electron chi connectivity index (χ3n) is 7.76. The van der Waals surface area contributed by atoms with Gasteiger partial charge in [0.1, 0.15) is 0 Å². The maximum absolute atomic E-state index is 5.54. The number of rotatable bonds is 13. The van der Waals surface area contributed by atoms with Crippen LogP contribution in [0, 0.1) is 16.7 Å². The van der Waals surface area contributed by atoms with Crippen molar-refractivity contribution in [1.82, 2.24) is 5.32 Å². The van der Waals surface area contributed by atoms with Crippen molar-refractivity contribution in [1.29, 1.82) is 0 Å². The van der Waals surface area contributed by atoms with Crippen LogP contribution >= 0.6 is 0 Å². The van der Waals surface area contributed by atoms with Crippen LogP contribution in [0.2, 0.25) is 0 Å². The third-order valence-corrected chi connectivity index (χ3v) is 7.76. The molecule has 0 heterocycles. The van der Waals surface area contributed by atoms with Crippen molar-refractivity contribution >= 4 is 0 Å². The number of nitrogens with one attached hydrogen (secondary N) is 1. The predicted octanol–water partition coefficient (Wildman–Crippen LogP) is 6.18. The van der Waals surface area contributed by atoms with Gasteiger partial charge in [-0.15, -0.1) is 0 Å². The number of hydrogen-bond donors (Lipinski definition) is 2.